The van der Waals surface area contributed by atoms with Gasteiger partial charge < -0.3 is 9.73 Å². The Morgan fingerprint density at radius 3 is 2.97 bits per heavy atom. The second-order valence-corrected chi connectivity index (χ2v) is 8.15. The van der Waals surface area contributed by atoms with E-state index in [0.717, 1.165) is 41.7 Å². The Morgan fingerprint density at radius 2 is 2.16 bits per heavy atom. The van der Waals surface area contributed by atoms with Gasteiger partial charge in [-0.2, -0.15) is 0 Å². The van der Waals surface area contributed by atoms with Crippen LogP contribution in [0.15, 0.2) is 47.1 Å². The molecule has 9 heteroatoms. The van der Waals surface area contributed by atoms with Crippen molar-refractivity contribution in [1.29, 1.82) is 0 Å². The quantitative estimate of drug-likeness (QED) is 0.497. The van der Waals surface area contributed by atoms with Crippen molar-refractivity contribution in [2.45, 2.75) is 44.7 Å². The number of nitrogens with one attached hydrogen (secondary N) is 1. The average Bonchev–Trinajstić information content (AvgIpc) is 3.52. The topological polar surface area (TPSA) is 98.7 Å². The first kappa shape index (κ1) is 19.7. The molecule has 3 aromatic heterocycles. The van der Waals surface area contributed by atoms with Gasteiger partial charge in [0.05, 0.1) is 23.5 Å². The summed E-state index contributed by atoms with van der Waals surface area (Å²) >= 11 is 6.03. The number of halogens is 1. The monoisotopic (exact) mass is 436 g/mol. The standard InChI is InChI=1S/C22H21ClN6O2/c1-2-21(30)26-15-5-6-16(10-15)29-19(12-25-28-29)17-7-3-13(11-24-17)22-27-18-8-4-14(23)9-20(18)31-22/h3-4,7-9,11-12,15-16H,2,5-6,10H2,1H3,(H,26,30)/t15-,16+/m0/s1. The Hall–Kier alpha value is -3.26. The molecule has 2 atom stereocenters. The molecule has 1 aromatic carbocycles. The van der Waals surface area contributed by atoms with Gasteiger partial charge in [-0.1, -0.05) is 23.7 Å². The van der Waals surface area contributed by atoms with Gasteiger partial charge in [0.1, 0.15) is 11.2 Å². The molecule has 0 saturated heterocycles. The SMILES string of the molecule is CCC(=O)N[C@H]1CC[C@@H](n2nncc2-c2ccc(-c3nc4ccc(Cl)cc4o3)cn2)C1. The van der Waals surface area contributed by atoms with Gasteiger partial charge in [-0.05, 0) is 43.5 Å². The van der Waals surface area contributed by atoms with Gasteiger partial charge in [0, 0.05) is 29.7 Å². The summed E-state index contributed by atoms with van der Waals surface area (Å²) in [6.45, 7) is 1.86. The minimum Gasteiger partial charge on any atom is -0.436 e. The summed E-state index contributed by atoms with van der Waals surface area (Å²) in [5, 5.41) is 12.1. The maximum Gasteiger partial charge on any atom is 0.228 e. The molecule has 5 rings (SSSR count). The number of aromatic nitrogens is 5. The van der Waals surface area contributed by atoms with Crippen LogP contribution in [-0.4, -0.2) is 36.9 Å². The summed E-state index contributed by atoms with van der Waals surface area (Å²) < 4.78 is 7.74. The molecule has 0 radical (unpaired) electrons. The lowest BCUT2D eigenvalue weighted by atomic mass is 10.2. The molecule has 31 heavy (non-hydrogen) atoms. The number of carbonyl (C=O) groups excluding carboxylic acids is 1. The minimum atomic E-state index is 0.0863. The Morgan fingerprint density at radius 1 is 1.26 bits per heavy atom. The van der Waals surface area contributed by atoms with E-state index < -0.39 is 0 Å². The zero-order chi connectivity index (χ0) is 21.4. The van der Waals surface area contributed by atoms with E-state index in [9.17, 15) is 4.79 Å². The van der Waals surface area contributed by atoms with E-state index in [2.05, 4.69) is 25.6 Å². The fourth-order valence-corrected chi connectivity index (χ4v) is 4.19. The first-order chi connectivity index (χ1) is 15.1. The molecule has 1 N–H and O–H groups in total. The molecule has 1 aliphatic carbocycles. The van der Waals surface area contributed by atoms with Crippen LogP contribution in [0.25, 0.3) is 33.9 Å². The number of carbonyl (C=O) groups is 1. The van der Waals surface area contributed by atoms with E-state index in [1.807, 2.05) is 29.8 Å². The van der Waals surface area contributed by atoms with Gasteiger partial charge in [0.25, 0.3) is 0 Å². The molecule has 1 amide bonds. The van der Waals surface area contributed by atoms with Crippen LogP contribution in [0.1, 0.15) is 38.6 Å². The largest absolute Gasteiger partial charge is 0.436 e. The Bertz CT molecular complexity index is 1230. The van der Waals surface area contributed by atoms with E-state index in [1.54, 1.807) is 24.5 Å². The Balaban J connectivity index is 1.36. The van der Waals surface area contributed by atoms with Crippen LogP contribution in [0, 0.1) is 0 Å². The molecule has 8 nitrogen and oxygen atoms in total. The third-order valence-electron chi connectivity index (χ3n) is 5.64. The fourth-order valence-electron chi connectivity index (χ4n) is 4.03. The predicted molar refractivity (Wildman–Crippen MR) is 116 cm³/mol. The molecule has 0 bridgehead atoms. The molecule has 0 unspecified atom stereocenters. The maximum absolute atomic E-state index is 11.7. The van der Waals surface area contributed by atoms with Crippen LogP contribution in [0.5, 0.6) is 0 Å². The summed E-state index contributed by atoms with van der Waals surface area (Å²) in [6, 6.07) is 9.56. The smallest absolute Gasteiger partial charge is 0.228 e. The zero-order valence-electron chi connectivity index (χ0n) is 17.0. The van der Waals surface area contributed by atoms with E-state index in [4.69, 9.17) is 16.0 Å². The number of oxazole rings is 1. The molecular weight excluding hydrogens is 416 g/mol. The Kier molecular flexibility index (Phi) is 5.15. The van der Waals surface area contributed by atoms with Gasteiger partial charge >= 0.3 is 0 Å². The first-order valence-electron chi connectivity index (χ1n) is 10.3. The van der Waals surface area contributed by atoms with Crippen molar-refractivity contribution in [1.82, 2.24) is 30.3 Å². The molecule has 3 heterocycles. The van der Waals surface area contributed by atoms with Gasteiger partial charge in [-0.3, -0.25) is 9.78 Å². The molecule has 0 aliphatic heterocycles. The molecule has 158 valence electrons. The summed E-state index contributed by atoms with van der Waals surface area (Å²) in [6.07, 6.45) is 6.67. The molecular formula is C22H21ClN6O2. The van der Waals surface area contributed by atoms with Crippen molar-refractivity contribution in [3.8, 4) is 22.8 Å². The van der Waals surface area contributed by atoms with Crippen molar-refractivity contribution in [3.63, 3.8) is 0 Å². The Labute approximate surface area is 183 Å². The second kappa shape index (κ2) is 8.11. The number of hydrogen-bond acceptors (Lipinski definition) is 6. The molecule has 0 spiro atoms. The minimum absolute atomic E-state index is 0.0863. The van der Waals surface area contributed by atoms with E-state index in [-0.39, 0.29) is 18.0 Å². The number of pyridine rings is 1. The van der Waals surface area contributed by atoms with Gasteiger partial charge in [0.2, 0.25) is 11.8 Å². The molecule has 1 fully saturated rings. The molecule has 4 aromatic rings. The number of amides is 1. The third-order valence-corrected chi connectivity index (χ3v) is 5.87. The van der Waals surface area contributed by atoms with Crippen LogP contribution in [0.3, 0.4) is 0 Å². The first-order valence-corrected chi connectivity index (χ1v) is 10.7. The number of fused-ring (bicyclic) bond motifs is 1. The van der Waals surface area contributed by atoms with Gasteiger partial charge in [-0.25, -0.2) is 9.67 Å². The number of benzene rings is 1. The van der Waals surface area contributed by atoms with Crippen molar-refractivity contribution in [2.24, 2.45) is 0 Å². The van der Waals surface area contributed by atoms with Crippen molar-refractivity contribution >= 4 is 28.6 Å². The van der Waals surface area contributed by atoms with E-state index in [1.165, 1.54) is 0 Å². The van der Waals surface area contributed by atoms with Crippen LogP contribution in [0.2, 0.25) is 5.02 Å². The fraction of sp³-hybridized carbons (Fsp3) is 0.318. The highest BCUT2D eigenvalue weighted by Crippen LogP contribution is 2.33. The summed E-state index contributed by atoms with van der Waals surface area (Å²) in [4.78, 5) is 20.8. The van der Waals surface area contributed by atoms with Crippen LogP contribution in [0.4, 0.5) is 0 Å². The van der Waals surface area contributed by atoms with E-state index >= 15 is 0 Å². The van der Waals surface area contributed by atoms with Gasteiger partial charge in [-0.15, -0.1) is 5.10 Å². The van der Waals surface area contributed by atoms with Crippen LogP contribution < -0.4 is 5.32 Å². The van der Waals surface area contributed by atoms with Crippen LogP contribution >= 0.6 is 11.6 Å². The highest BCUT2D eigenvalue weighted by molar-refractivity contribution is 6.31. The highest BCUT2D eigenvalue weighted by Gasteiger charge is 2.29. The third kappa shape index (κ3) is 3.90. The normalized spacial score (nSPS) is 18.5. The van der Waals surface area contributed by atoms with Gasteiger partial charge in [0.15, 0.2) is 5.58 Å². The lowest BCUT2D eigenvalue weighted by Crippen LogP contribution is -2.32. The number of nitrogens with zero attached hydrogens (tertiary/aromatic N) is 5. The van der Waals surface area contributed by atoms with Crippen LogP contribution in [-0.2, 0) is 4.79 Å². The maximum atomic E-state index is 11.7. The average molecular weight is 437 g/mol. The van der Waals surface area contributed by atoms with E-state index in [0.29, 0.717) is 22.9 Å². The summed E-state index contributed by atoms with van der Waals surface area (Å²) in [5.74, 6) is 0.580. The van der Waals surface area contributed by atoms with Crippen molar-refractivity contribution in [2.75, 3.05) is 0 Å². The van der Waals surface area contributed by atoms with Crippen molar-refractivity contribution < 1.29 is 9.21 Å². The summed E-state index contributed by atoms with van der Waals surface area (Å²) in [7, 11) is 0. The predicted octanol–water partition coefficient (Wildman–Crippen LogP) is 4.42. The number of rotatable bonds is 5. The molecule has 1 aliphatic rings. The molecule has 1 saturated carbocycles. The summed E-state index contributed by atoms with van der Waals surface area (Å²) in [5.41, 5.74) is 3.78. The second-order valence-electron chi connectivity index (χ2n) is 7.71. The number of hydrogen-bond donors (Lipinski definition) is 1. The highest BCUT2D eigenvalue weighted by atomic mass is 35.5. The lowest BCUT2D eigenvalue weighted by Gasteiger charge is -2.15. The zero-order valence-corrected chi connectivity index (χ0v) is 17.7. The lowest BCUT2D eigenvalue weighted by molar-refractivity contribution is -0.121. The van der Waals surface area contributed by atoms with Crippen molar-refractivity contribution in [3.05, 3.63) is 47.7 Å².